The van der Waals surface area contributed by atoms with Gasteiger partial charge < -0.3 is 10.6 Å². The lowest BCUT2D eigenvalue weighted by Crippen LogP contribution is -2.33. The van der Waals surface area contributed by atoms with E-state index in [1.54, 1.807) is 0 Å². The number of likely N-dealkylation sites (tertiary alicyclic amines) is 1. The van der Waals surface area contributed by atoms with Crippen LogP contribution in [0.5, 0.6) is 0 Å². The topological polar surface area (TPSA) is 145 Å². The number of nitro groups is 1. The number of non-ortho nitro benzene ring substituents is 1. The molecule has 1 heterocycles. The van der Waals surface area contributed by atoms with E-state index in [-0.39, 0.29) is 48.1 Å². The summed E-state index contributed by atoms with van der Waals surface area (Å²) in [5.74, 6) is -2.09. The van der Waals surface area contributed by atoms with Crippen molar-refractivity contribution in [1.82, 2.24) is 4.90 Å². The third-order valence-electron chi connectivity index (χ3n) is 4.76. The molecule has 0 radical (unpaired) electrons. The van der Waals surface area contributed by atoms with Gasteiger partial charge in [-0.05, 0) is 25.0 Å². The van der Waals surface area contributed by atoms with Gasteiger partial charge in [0.15, 0.2) is 5.84 Å². The van der Waals surface area contributed by atoms with Gasteiger partial charge in [0, 0.05) is 24.2 Å². The Morgan fingerprint density at radius 3 is 2.29 bits per heavy atom. The molecule has 1 aliphatic heterocycles. The number of nitrogens with zero attached hydrogens (tertiary/aromatic N) is 3. The van der Waals surface area contributed by atoms with Crippen molar-refractivity contribution in [3.8, 4) is 0 Å². The summed E-state index contributed by atoms with van der Waals surface area (Å²) >= 11 is 0. The number of amidine groups is 1. The SMILES string of the molecule is N/C(=N/OC(=O)CCN1C(=O)[C@@H]2CC=CC[C@H]2C1=O)c1ccc([N+](=O)[O-])cc1. The fraction of sp³-hybridized carbons (Fsp3) is 0.333. The summed E-state index contributed by atoms with van der Waals surface area (Å²) in [6.07, 6.45) is 4.64. The largest absolute Gasteiger partial charge is 0.380 e. The van der Waals surface area contributed by atoms with E-state index in [1.165, 1.54) is 24.3 Å². The average molecular weight is 386 g/mol. The lowest BCUT2D eigenvalue weighted by atomic mass is 9.85. The third-order valence-corrected chi connectivity index (χ3v) is 4.76. The van der Waals surface area contributed by atoms with Crippen molar-refractivity contribution in [2.45, 2.75) is 19.3 Å². The number of allylic oxidation sites excluding steroid dienone is 2. The first-order valence-corrected chi connectivity index (χ1v) is 8.67. The van der Waals surface area contributed by atoms with E-state index in [0.29, 0.717) is 18.4 Å². The number of nitrogens with two attached hydrogens (primary N) is 1. The Bertz CT molecular complexity index is 851. The Hall–Kier alpha value is -3.56. The van der Waals surface area contributed by atoms with Crippen LogP contribution in [0.4, 0.5) is 5.69 Å². The number of carbonyl (C=O) groups is 3. The standard InChI is InChI=1S/C18H18N4O6/c19-16(11-5-7-12(8-6-11)22(26)27)20-28-15(23)9-10-21-17(24)13-3-1-2-4-14(13)18(21)25/h1-2,5-8,13-14H,3-4,9-10H2,(H2,19,20)/t13-,14-/m1/s1. The van der Waals surface area contributed by atoms with Crippen LogP contribution >= 0.6 is 0 Å². The maximum atomic E-state index is 12.3. The molecule has 2 amide bonds. The average Bonchev–Trinajstić information content (AvgIpc) is 2.95. The summed E-state index contributed by atoms with van der Waals surface area (Å²) in [4.78, 5) is 52.4. The molecule has 28 heavy (non-hydrogen) atoms. The second-order valence-electron chi connectivity index (χ2n) is 6.48. The van der Waals surface area contributed by atoms with E-state index in [4.69, 9.17) is 10.6 Å². The molecule has 0 unspecified atom stereocenters. The number of hydrogen-bond acceptors (Lipinski definition) is 7. The third kappa shape index (κ3) is 3.90. The van der Waals surface area contributed by atoms with Crippen LogP contribution in [-0.2, 0) is 19.2 Å². The molecular weight excluding hydrogens is 368 g/mol. The maximum Gasteiger partial charge on any atom is 0.336 e. The van der Waals surface area contributed by atoms with E-state index in [9.17, 15) is 24.5 Å². The predicted octanol–water partition coefficient (Wildman–Crippen LogP) is 1.10. The van der Waals surface area contributed by atoms with E-state index >= 15 is 0 Å². The zero-order chi connectivity index (χ0) is 20.3. The quantitative estimate of drug-likeness (QED) is 0.146. The van der Waals surface area contributed by atoms with Crippen molar-refractivity contribution >= 4 is 29.3 Å². The molecule has 0 saturated carbocycles. The first-order valence-electron chi connectivity index (χ1n) is 8.67. The minimum Gasteiger partial charge on any atom is -0.380 e. The minimum atomic E-state index is -0.751. The van der Waals surface area contributed by atoms with Gasteiger partial charge in [0.1, 0.15) is 0 Å². The van der Waals surface area contributed by atoms with Gasteiger partial charge in [-0.25, -0.2) is 4.79 Å². The molecule has 0 bridgehead atoms. The number of oxime groups is 1. The molecule has 1 aromatic carbocycles. The molecule has 1 saturated heterocycles. The lowest BCUT2D eigenvalue weighted by molar-refractivity contribution is -0.384. The zero-order valence-corrected chi connectivity index (χ0v) is 14.8. The van der Waals surface area contributed by atoms with Crippen molar-refractivity contribution in [3.05, 3.63) is 52.1 Å². The van der Waals surface area contributed by atoms with Crippen LogP contribution in [0.25, 0.3) is 0 Å². The molecular formula is C18H18N4O6. The van der Waals surface area contributed by atoms with Gasteiger partial charge in [-0.2, -0.15) is 0 Å². The highest BCUT2D eigenvalue weighted by Crippen LogP contribution is 2.34. The summed E-state index contributed by atoms with van der Waals surface area (Å²) in [6.45, 7) is -0.0730. The Labute approximate surface area is 159 Å². The van der Waals surface area contributed by atoms with Gasteiger partial charge in [0.25, 0.3) is 5.69 Å². The summed E-state index contributed by atoms with van der Waals surface area (Å²) in [6, 6.07) is 5.25. The van der Waals surface area contributed by atoms with Gasteiger partial charge in [0.05, 0.1) is 23.2 Å². The number of carbonyl (C=O) groups excluding carboxylic acids is 3. The predicted molar refractivity (Wildman–Crippen MR) is 96.6 cm³/mol. The van der Waals surface area contributed by atoms with Crippen LogP contribution in [0.1, 0.15) is 24.8 Å². The molecule has 10 heteroatoms. The van der Waals surface area contributed by atoms with Crippen molar-refractivity contribution in [1.29, 1.82) is 0 Å². The number of benzene rings is 1. The molecule has 1 aliphatic carbocycles. The van der Waals surface area contributed by atoms with Crippen molar-refractivity contribution < 1.29 is 24.1 Å². The summed E-state index contributed by atoms with van der Waals surface area (Å²) in [7, 11) is 0. The molecule has 1 aromatic rings. The van der Waals surface area contributed by atoms with Crippen LogP contribution in [0, 0.1) is 22.0 Å². The molecule has 1 fully saturated rings. The second-order valence-corrected chi connectivity index (χ2v) is 6.48. The first-order chi connectivity index (χ1) is 13.4. The minimum absolute atomic E-state index is 0.0730. The molecule has 0 aromatic heterocycles. The Morgan fingerprint density at radius 2 is 1.75 bits per heavy atom. The van der Waals surface area contributed by atoms with Gasteiger partial charge in [-0.3, -0.25) is 24.6 Å². The molecule has 146 valence electrons. The number of amides is 2. The van der Waals surface area contributed by atoms with Crippen molar-refractivity contribution in [2.75, 3.05) is 6.54 Å². The van der Waals surface area contributed by atoms with Crippen LogP contribution in [0.2, 0.25) is 0 Å². The molecule has 2 N–H and O–H groups in total. The highest BCUT2D eigenvalue weighted by Gasteiger charge is 2.46. The number of hydrogen-bond donors (Lipinski definition) is 1. The zero-order valence-electron chi connectivity index (χ0n) is 14.8. The summed E-state index contributed by atoms with van der Waals surface area (Å²) in [5, 5.41) is 14.1. The van der Waals surface area contributed by atoms with Gasteiger partial charge in [0.2, 0.25) is 11.8 Å². The van der Waals surface area contributed by atoms with Crippen molar-refractivity contribution in [2.24, 2.45) is 22.7 Å². The van der Waals surface area contributed by atoms with E-state index < -0.39 is 10.9 Å². The first kappa shape index (κ1) is 19.2. The maximum absolute atomic E-state index is 12.3. The lowest BCUT2D eigenvalue weighted by Gasteiger charge is -2.14. The molecule has 10 nitrogen and oxygen atoms in total. The highest BCUT2D eigenvalue weighted by molar-refractivity contribution is 6.05. The van der Waals surface area contributed by atoms with Gasteiger partial charge >= 0.3 is 5.97 Å². The van der Waals surface area contributed by atoms with E-state index in [1.807, 2.05) is 12.2 Å². The number of fused-ring (bicyclic) bond motifs is 1. The monoisotopic (exact) mass is 386 g/mol. The fourth-order valence-corrected chi connectivity index (χ4v) is 3.24. The van der Waals surface area contributed by atoms with Crippen LogP contribution in [-0.4, -0.2) is 40.0 Å². The van der Waals surface area contributed by atoms with Crippen LogP contribution in [0.3, 0.4) is 0 Å². The van der Waals surface area contributed by atoms with Crippen LogP contribution in [0.15, 0.2) is 41.6 Å². The molecule has 2 atom stereocenters. The Balaban J connectivity index is 1.53. The van der Waals surface area contributed by atoms with Gasteiger partial charge in [-0.15, -0.1) is 0 Å². The second kappa shape index (κ2) is 7.99. The number of imide groups is 1. The Kier molecular flexibility index (Phi) is 5.48. The van der Waals surface area contributed by atoms with Gasteiger partial charge in [-0.1, -0.05) is 17.3 Å². The van der Waals surface area contributed by atoms with E-state index in [2.05, 4.69) is 5.16 Å². The van der Waals surface area contributed by atoms with E-state index in [0.717, 1.165) is 4.90 Å². The summed E-state index contributed by atoms with van der Waals surface area (Å²) < 4.78 is 0. The molecule has 0 spiro atoms. The fourth-order valence-electron chi connectivity index (χ4n) is 3.24. The number of rotatable bonds is 6. The molecule has 3 rings (SSSR count). The molecule has 2 aliphatic rings. The Morgan fingerprint density at radius 1 is 1.18 bits per heavy atom. The summed E-state index contributed by atoms with van der Waals surface area (Å²) in [5.41, 5.74) is 5.93. The smallest absolute Gasteiger partial charge is 0.336 e. The number of nitro benzene ring substituents is 1. The van der Waals surface area contributed by atoms with Crippen LogP contribution < -0.4 is 5.73 Å². The highest BCUT2D eigenvalue weighted by atomic mass is 16.7. The normalized spacial score (nSPS) is 21.6. The van der Waals surface area contributed by atoms with Crippen molar-refractivity contribution in [3.63, 3.8) is 0 Å².